The van der Waals surface area contributed by atoms with Crippen molar-refractivity contribution in [2.45, 2.75) is 42.9 Å². The Bertz CT molecular complexity index is 956. The lowest BCUT2D eigenvalue weighted by molar-refractivity contribution is -0.117. The van der Waals surface area contributed by atoms with E-state index in [0.717, 1.165) is 19.3 Å². The molecule has 30 heavy (non-hydrogen) atoms. The van der Waals surface area contributed by atoms with Gasteiger partial charge in [0.05, 0.1) is 10.9 Å². The highest BCUT2D eigenvalue weighted by Crippen LogP contribution is 2.65. The number of hydrogen-bond acceptors (Lipinski definition) is 2. The van der Waals surface area contributed by atoms with E-state index in [4.69, 9.17) is 58.0 Å². The van der Waals surface area contributed by atoms with Gasteiger partial charge < -0.3 is 5.32 Å². The number of amides is 1. The number of hydrogen-bond donors (Lipinski definition) is 1. The Hall–Kier alpha value is -0.970. The lowest BCUT2D eigenvalue weighted by Gasteiger charge is -2.09. The van der Waals surface area contributed by atoms with Gasteiger partial charge in [0.25, 0.3) is 0 Å². The molecule has 160 valence electrons. The zero-order chi connectivity index (χ0) is 22.1. The van der Waals surface area contributed by atoms with Gasteiger partial charge in [0.2, 0.25) is 5.91 Å². The van der Waals surface area contributed by atoms with Crippen molar-refractivity contribution >= 4 is 75.4 Å². The van der Waals surface area contributed by atoms with Gasteiger partial charge in [-0.25, -0.2) is 0 Å². The highest BCUT2D eigenvalue weighted by Gasteiger charge is 2.67. The summed E-state index contributed by atoms with van der Waals surface area (Å²) in [4.78, 5) is 25.3. The number of benzene rings is 2. The van der Waals surface area contributed by atoms with E-state index in [1.807, 2.05) is 0 Å². The van der Waals surface area contributed by atoms with Crippen LogP contribution < -0.4 is 5.32 Å². The number of ketones is 1. The molecule has 0 bridgehead atoms. The molecule has 2 aromatic rings. The SMILES string of the molecule is CCCCCC(=O)c1cc(NC(=O)C2C(c3cc(Cl)cc(Cl)c3)C2(Cl)Cl)ccc1Cl. The van der Waals surface area contributed by atoms with Crippen molar-refractivity contribution in [1.29, 1.82) is 0 Å². The van der Waals surface area contributed by atoms with Gasteiger partial charge in [0, 0.05) is 33.6 Å². The van der Waals surface area contributed by atoms with Crippen LogP contribution in [0.1, 0.15) is 54.4 Å². The number of alkyl halides is 2. The molecule has 2 unspecified atom stereocenters. The van der Waals surface area contributed by atoms with Gasteiger partial charge in [0.1, 0.15) is 4.33 Å². The quantitative estimate of drug-likeness (QED) is 0.224. The zero-order valence-corrected chi connectivity index (χ0v) is 19.9. The average Bonchev–Trinajstić information content (AvgIpc) is 3.25. The minimum Gasteiger partial charge on any atom is -0.326 e. The first-order valence-electron chi connectivity index (χ1n) is 9.62. The number of unbranched alkanes of at least 4 members (excludes halogenated alkanes) is 2. The standard InChI is InChI=1S/C22H20Cl5NO2/c1-2-3-4-5-18(29)16-11-15(6-7-17(16)25)28-21(30)20-19(22(20,26)27)12-8-13(23)10-14(24)9-12/h6-11,19-20H,2-5H2,1H3,(H,28,30). The predicted molar refractivity (Wildman–Crippen MR) is 126 cm³/mol. The maximum Gasteiger partial charge on any atom is 0.231 e. The third-order valence-electron chi connectivity index (χ3n) is 5.12. The molecular formula is C22H20Cl5NO2. The molecule has 3 rings (SSSR count). The van der Waals surface area contributed by atoms with Crippen LogP contribution in [0.3, 0.4) is 0 Å². The topological polar surface area (TPSA) is 46.2 Å². The van der Waals surface area contributed by atoms with Crippen molar-refractivity contribution in [1.82, 2.24) is 0 Å². The van der Waals surface area contributed by atoms with Crippen LogP contribution in [0.5, 0.6) is 0 Å². The smallest absolute Gasteiger partial charge is 0.231 e. The Morgan fingerprint density at radius 2 is 1.67 bits per heavy atom. The van der Waals surface area contributed by atoms with Crippen LogP contribution >= 0.6 is 58.0 Å². The third-order valence-corrected chi connectivity index (χ3v) is 6.83. The number of anilines is 1. The minimum atomic E-state index is -1.27. The number of halogens is 5. The maximum absolute atomic E-state index is 12.9. The van der Waals surface area contributed by atoms with Gasteiger partial charge in [0.15, 0.2) is 5.78 Å². The molecule has 0 saturated heterocycles. The highest BCUT2D eigenvalue weighted by molar-refractivity contribution is 6.53. The highest BCUT2D eigenvalue weighted by atomic mass is 35.5. The van der Waals surface area contributed by atoms with E-state index >= 15 is 0 Å². The first-order valence-corrected chi connectivity index (χ1v) is 11.5. The molecule has 1 fully saturated rings. The van der Waals surface area contributed by atoms with Crippen LogP contribution in [0, 0.1) is 5.92 Å². The van der Waals surface area contributed by atoms with Crippen molar-refractivity contribution in [3.05, 3.63) is 62.6 Å². The Morgan fingerprint density at radius 1 is 1.00 bits per heavy atom. The molecule has 1 N–H and O–H groups in total. The van der Waals surface area contributed by atoms with Crippen molar-refractivity contribution < 1.29 is 9.59 Å². The second kappa shape index (κ2) is 9.67. The lowest BCUT2D eigenvalue weighted by atomic mass is 10.0. The van der Waals surface area contributed by atoms with Gasteiger partial charge in [-0.3, -0.25) is 9.59 Å². The van der Waals surface area contributed by atoms with Crippen molar-refractivity contribution in [2.24, 2.45) is 5.92 Å². The minimum absolute atomic E-state index is 0.0496. The predicted octanol–water partition coefficient (Wildman–Crippen LogP) is 7.94. The lowest BCUT2D eigenvalue weighted by Crippen LogP contribution is -2.17. The fraction of sp³-hybridized carbons (Fsp3) is 0.364. The van der Waals surface area contributed by atoms with E-state index in [1.54, 1.807) is 36.4 Å². The fourth-order valence-corrected chi connectivity index (χ4v) is 5.12. The summed E-state index contributed by atoms with van der Waals surface area (Å²) in [5, 5.41) is 4.03. The number of nitrogens with one attached hydrogen (secondary N) is 1. The molecule has 1 amide bonds. The van der Waals surface area contributed by atoms with Crippen LogP contribution in [-0.4, -0.2) is 16.0 Å². The molecule has 8 heteroatoms. The molecular weight excluding hydrogens is 488 g/mol. The summed E-state index contributed by atoms with van der Waals surface area (Å²) in [5.74, 6) is -1.53. The van der Waals surface area contributed by atoms with E-state index in [0.29, 0.717) is 38.3 Å². The summed E-state index contributed by atoms with van der Waals surface area (Å²) in [6.45, 7) is 2.07. The Labute approximate surface area is 201 Å². The van der Waals surface area contributed by atoms with E-state index in [1.165, 1.54) is 0 Å². The number of carbonyl (C=O) groups is 2. The average molecular weight is 508 g/mol. The maximum atomic E-state index is 12.9. The Kier molecular flexibility index (Phi) is 7.63. The fourth-order valence-electron chi connectivity index (χ4n) is 3.53. The molecule has 0 radical (unpaired) electrons. The summed E-state index contributed by atoms with van der Waals surface area (Å²) in [6, 6.07) is 9.81. The second-order valence-electron chi connectivity index (χ2n) is 7.40. The van der Waals surface area contributed by atoms with Crippen LogP contribution in [0.2, 0.25) is 15.1 Å². The molecule has 0 heterocycles. The Morgan fingerprint density at radius 3 is 2.30 bits per heavy atom. The summed E-state index contributed by atoms with van der Waals surface area (Å²) in [6.07, 6.45) is 3.22. The van der Waals surface area contributed by atoms with Crippen molar-refractivity contribution in [2.75, 3.05) is 5.32 Å². The van der Waals surface area contributed by atoms with Gasteiger partial charge in [-0.15, -0.1) is 23.2 Å². The summed E-state index contributed by atoms with van der Waals surface area (Å²) in [7, 11) is 0. The molecule has 0 aromatic heterocycles. The molecule has 1 saturated carbocycles. The van der Waals surface area contributed by atoms with Gasteiger partial charge in [-0.1, -0.05) is 54.6 Å². The van der Waals surface area contributed by atoms with Crippen LogP contribution in [0.15, 0.2) is 36.4 Å². The first kappa shape index (κ1) is 23.7. The second-order valence-corrected chi connectivity index (χ2v) is 10.1. The molecule has 2 aromatic carbocycles. The molecule has 2 atom stereocenters. The summed E-state index contributed by atoms with van der Waals surface area (Å²) >= 11 is 31.1. The van der Waals surface area contributed by atoms with Crippen molar-refractivity contribution in [3.63, 3.8) is 0 Å². The summed E-state index contributed by atoms with van der Waals surface area (Å²) in [5.41, 5.74) is 1.55. The van der Waals surface area contributed by atoms with E-state index in [9.17, 15) is 9.59 Å². The number of carbonyl (C=O) groups excluding carboxylic acids is 2. The number of rotatable bonds is 8. The van der Waals surface area contributed by atoms with E-state index in [-0.39, 0.29) is 11.7 Å². The van der Waals surface area contributed by atoms with E-state index < -0.39 is 16.2 Å². The molecule has 1 aliphatic carbocycles. The Balaban J connectivity index is 1.74. The van der Waals surface area contributed by atoms with Gasteiger partial charge >= 0.3 is 0 Å². The van der Waals surface area contributed by atoms with Crippen LogP contribution in [-0.2, 0) is 4.79 Å². The molecule has 1 aliphatic rings. The van der Waals surface area contributed by atoms with E-state index in [2.05, 4.69) is 12.2 Å². The molecule has 0 aliphatic heterocycles. The third kappa shape index (κ3) is 5.26. The first-order chi connectivity index (χ1) is 14.1. The molecule has 0 spiro atoms. The number of Topliss-reactive ketones (excluding diaryl/α,β-unsaturated/α-hetero) is 1. The normalized spacial score (nSPS) is 19.4. The largest absolute Gasteiger partial charge is 0.326 e. The monoisotopic (exact) mass is 505 g/mol. The van der Waals surface area contributed by atoms with Crippen LogP contribution in [0.4, 0.5) is 5.69 Å². The summed E-state index contributed by atoms with van der Waals surface area (Å²) < 4.78 is -1.27. The molecule has 3 nitrogen and oxygen atoms in total. The zero-order valence-electron chi connectivity index (χ0n) is 16.2. The van der Waals surface area contributed by atoms with Crippen LogP contribution in [0.25, 0.3) is 0 Å². The van der Waals surface area contributed by atoms with Crippen molar-refractivity contribution in [3.8, 4) is 0 Å². The van der Waals surface area contributed by atoms with Gasteiger partial charge in [-0.2, -0.15) is 0 Å². The van der Waals surface area contributed by atoms with Gasteiger partial charge in [-0.05, 0) is 48.4 Å².